The summed E-state index contributed by atoms with van der Waals surface area (Å²) in [5.74, 6) is -0.992. The topological polar surface area (TPSA) is 126 Å². The van der Waals surface area contributed by atoms with Gasteiger partial charge in [-0.05, 0) is 38.1 Å². The smallest absolute Gasteiger partial charge is 0.338 e. The first-order valence-corrected chi connectivity index (χ1v) is 11.9. The third kappa shape index (κ3) is 5.20. The molecule has 0 radical (unpaired) electrons. The fraction of sp³-hybridized carbons (Fsp3) is 0.296. The van der Waals surface area contributed by atoms with E-state index in [0.29, 0.717) is 28.0 Å². The molecule has 10 heteroatoms. The van der Waals surface area contributed by atoms with Crippen molar-refractivity contribution in [2.24, 2.45) is 0 Å². The third-order valence-electron chi connectivity index (χ3n) is 6.29. The van der Waals surface area contributed by atoms with Gasteiger partial charge in [-0.25, -0.2) is 24.5 Å². The van der Waals surface area contributed by atoms with Gasteiger partial charge < -0.3 is 19.3 Å². The highest BCUT2D eigenvalue weighted by Gasteiger charge is 2.40. The number of carbonyl (C=O) groups excluding carboxylic acids is 2. The number of rotatable bonds is 7. The minimum atomic E-state index is -0.717. The molecule has 5 rings (SSSR count). The molecule has 0 spiro atoms. The number of aromatic nitrogens is 4. The van der Waals surface area contributed by atoms with Crippen LogP contribution in [0.15, 0.2) is 61.2 Å². The van der Waals surface area contributed by atoms with Crippen LogP contribution in [-0.2, 0) is 20.8 Å². The predicted octanol–water partition coefficient (Wildman–Crippen LogP) is 3.31. The molecule has 2 aromatic heterocycles. The van der Waals surface area contributed by atoms with Crippen LogP contribution in [0.1, 0.15) is 50.2 Å². The van der Waals surface area contributed by atoms with Crippen LogP contribution in [-0.4, -0.2) is 55.4 Å². The Morgan fingerprint density at radius 3 is 2.27 bits per heavy atom. The van der Waals surface area contributed by atoms with Crippen molar-refractivity contribution in [2.45, 2.75) is 45.3 Å². The number of aliphatic hydroxyl groups is 1. The van der Waals surface area contributed by atoms with E-state index in [2.05, 4.69) is 15.0 Å². The Bertz CT molecular complexity index is 1420. The molecule has 0 amide bonds. The normalized spacial score (nSPS) is 19.2. The maximum atomic E-state index is 12.9. The van der Waals surface area contributed by atoms with Crippen LogP contribution in [0.3, 0.4) is 0 Å². The van der Waals surface area contributed by atoms with Crippen LogP contribution in [0.25, 0.3) is 11.2 Å². The molecule has 0 unspecified atom stereocenters. The summed E-state index contributed by atoms with van der Waals surface area (Å²) in [7, 11) is 0. The number of fused-ring (bicyclic) bond motifs is 1. The van der Waals surface area contributed by atoms with Gasteiger partial charge in [0, 0.05) is 6.42 Å². The van der Waals surface area contributed by atoms with E-state index < -0.39 is 30.4 Å². The van der Waals surface area contributed by atoms with Gasteiger partial charge in [0.15, 0.2) is 5.65 Å². The second-order valence-corrected chi connectivity index (χ2v) is 8.94. The summed E-state index contributed by atoms with van der Waals surface area (Å²) in [4.78, 5) is 38.2. The minimum absolute atomic E-state index is 0.113. The van der Waals surface area contributed by atoms with Crippen LogP contribution >= 0.6 is 0 Å². The molecular formula is C27H26N4O6. The Labute approximate surface area is 212 Å². The summed E-state index contributed by atoms with van der Waals surface area (Å²) in [6.45, 7) is 3.47. The highest BCUT2D eigenvalue weighted by atomic mass is 16.6. The number of aliphatic hydroxyl groups excluding tert-OH is 1. The molecule has 1 aliphatic heterocycles. The average Bonchev–Trinajstić information content (AvgIpc) is 3.52. The van der Waals surface area contributed by atoms with Gasteiger partial charge in [0.1, 0.15) is 36.9 Å². The molecule has 4 aromatic rings. The van der Waals surface area contributed by atoms with Crippen LogP contribution in [0, 0.1) is 13.8 Å². The van der Waals surface area contributed by atoms with Crippen LogP contribution in [0.5, 0.6) is 0 Å². The summed E-state index contributed by atoms with van der Waals surface area (Å²) in [6, 6.07) is 14.1. The van der Waals surface area contributed by atoms with Gasteiger partial charge in [0.05, 0.1) is 29.8 Å². The number of esters is 2. The van der Waals surface area contributed by atoms with Gasteiger partial charge in [-0.2, -0.15) is 0 Å². The first kappa shape index (κ1) is 24.5. The van der Waals surface area contributed by atoms with E-state index in [1.165, 1.54) is 6.33 Å². The fourth-order valence-electron chi connectivity index (χ4n) is 4.20. The summed E-state index contributed by atoms with van der Waals surface area (Å²) in [5.41, 5.74) is 4.22. The van der Waals surface area contributed by atoms with Crippen LogP contribution < -0.4 is 0 Å². The molecular weight excluding hydrogens is 476 g/mol. The van der Waals surface area contributed by atoms with Crippen molar-refractivity contribution in [1.82, 2.24) is 19.5 Å². The molecule has 37 heavy (non-hydrogen) atoms. The molecule has 0 saturated carbocycles. The van der Waals surface area contributed by atoms with E-state index in [1.54, 1.807) is 35.2 Å². The molecule has 0 bridgehead atoms. The maximum Gasteiger partial charge on any atom is 0.338 e. The molecule has 3 atom stereocenters. The standard InChI is InChI=1S/C27H26N4O6/c1-16-3-7-18(8-4-16)26(33)35-13-22-21(37-27(34)19-9-5-17(2)6-10-19)11-23(36-22)31-15-30-24-20(12-32)28-14-29-25(24)31/h3-10,14-15,21-23,32H,11-13H2,1-2H3/t21-,22+,23+/m0/s1. The largest absolute Gasteiger partial charge is 0.459 e. The lowest BCUT2D eigenvalue weighted by Crippen LogP contribution is -2.32. The van der Waals surface area contributed by atoms with Gasteiger partial charge >= 0.3 is 11.9 Å². The van der Waals surface area contributed by atoms with Gasteiger partial charge in [-0.15, -0.1) is 0 Å². The summed E-state index contributed by atoms with van der Waals surface area (Å²) < 4.78 is 19.3. The zero-order chi connectivity index (χ0) is 25.9. The highest BCUT2D eigenvalue weighted by Crippen LogP contribution is 2.33. The Balaban J connectivity index is 1.36. The summed E-state index contributed by atoms with van der Waals surface area (Å²) in [6.07, 6.45) is 1.17. The first-order valence-electron chi connectivity index (χ1n) is 11.9. The van der Waals surface area contributed by atoms with E-state index in [0.717, 1.165) is 11.1 Å². The molecule has 0 aliphatic carbocycles. The lowest BCUT2D eigenvalue weighted by Gasteiger charge is -2.19. The van der Waals surface area contributed by atoms with Crippen molar-refractivity contribution in [3.8, 4) is 0 Å². The number of nitrogens with zero attached hydrogens (tertiary/aromatic N) is 4. The number of imidazole rings is 1. The average molecular weight is 503 g/mol. The van der Waals surface area contributed by atoms with Gasteiger partial charge in [-0.1, -0.05) is 35.4 Å². The van der Waals surface area contributed by atoms with E-state index in [-0.39, 0.29) is 19.6 Å². The van der Waals surface area contributed by atoms with E-state index in [4.69, 9.17) is 14.2 Å². The maximum absolute atomic E-state index is 12.9. The Kier molecular flexibility index (Phi) is 6.93. The number of carbonyl (C=O) groups is 2. The van der Waals surface area contributed by atoms with Crippen LogP contribution in [0.2, 0.25) is 0 Å². The van der Waals surface area contributed by atoms with Gasteiger partial charge in [0.2, 0.25) is 0 Å². The molecule has 1 N–H and O–H groups in total. The van der Waals surface area contributed by atoms with Crippen molar-refractivity contribution in [2.75, 3.05) is 6.61 Å². The molecule has 1 aliphatic rings. The number of hydrogen-bond donors (Lipinski definition) is 1. The zero-order valence-electron chi connectivity index (χ0n) is 20.4. The van der Waals surface area contributed by atoms with Crippen molar-refractivity contribution in [1.29, 1.82) is 0 Å². The quantitative estimate of drug-likeness (QED) is 0.379. The van der Waals surface area contributed by atoms with Gasteiger partial charge in [0.25, 0.3) is 0 Å². The lowest BCUT2D eigenvalue weighted by molar-refractivity contribution is -0.0563. The van der Waals surface area contributed by atoms with E-state index >= 15 is 0 Å². The molecule has 1 saturated heterocycles. The van der Waals surface area contributed by atoms with Crippen molar-refractivity contribution in [3.05, 3.63) is 89.1 Å². The SMILES string of the molecule is Cc1ccc(C(=O)OC[C@H]2O[C@@H](n3cnc4c(CO)ncnc43)C[C@@H]2OC(=O)c2ccc(C)cc2)cc1. The fourth-order valence-corrected chi connectivity index (χ4v) is 4.20. The second kappa shape index (κ2) is 10.5. The number of aryl methyl sites for hydroxylation is 2. The van der Waals surface area contributed by atoms with Crippen molar-refractivity contribution in [3.63, 3.8) is 0 Å². The van der Waals surface area contributed by atoms with Crippen molar-refractivity contribution < 1.29 is 28.9 Å². The Morgan fingerprint density at radius 2 is 1.62 bits per heavy atom. The minimum Gasteiger partial charge on any atom is -0.459 e. The predicted molar refractivity (Wildman–Crippen MR) is 132 cm³/mol. The Hall–Kier alpha value is -4.15. The lowest BCUT2D eigenvalue weighted by atomic mass is 10.1. The monoisotopic (exact) mass is 502 g/mol. The second-order valence-electron chi connectivity index (χ2n) is 8.94. The summed E-state index contributed by atoms with van der Waals surface area (Å²) in [5, 5.41) is 9.57. The number of hydrogen-bond acceptors (Lipinski definition) is 9. The van der Waals surface area contributed by atoms with E-state index in [1.807, 2.05) is 38.1 Å². The highest BCUT2D eigenvalue weighted by molar-refractivity contribution is 5.90. The Morgan fingerprint density at radius 1 is 0.973 bits per heavy atom. The molecule has 10 nitrogen and oxygen atoms in total. The van der Waals surface area contributed by atoms with E-state index in [9.17, 15) is 14.7 Å². The molecule has 2 aromatic carbocycles. The van der Waals surface area contributed by atoms with Crippen molar-refractivity contribution >= 4 is 23.1 Å². The zero-order valence-corrected chi connectivity index (χ0v) is 20.4. The molecule has 1 fully saturated rings. The summed E-state index contributed by atoms with van der Waals surface area (Å²) >= 11 is 0. The van der Waals surface area contributed by atoms with Gasteiger partial charge in [-0.3, -0.25) is 4.57 Å². The van der Waals surface area contributed by atoms with Crippen LogP contribution in [0.4, 0.5) is 0 Å². The number of benzene rings is 2. The third-order valence-corrected chi connectivity index (χ3v) is 6.29. The first-order chi connectivity index (χ1) is 17.9. The molecule has 3 heterocycles. The molecule has 190 valence electrons. The number of ether oxygens (including phenoxy) is 3.